The van der Waals surface area contributed by atoms with Crippen LogP contribution in [-0.4, -0.2) is 29.1 Å². The molecule has 7 heteroatoms. The quantitative estimate of drug-likeness (QED) is 0.751. The summed E-state index contributed by atoms with van der Waals surface area (Å²) < 4.78 is 6.35. The molecule has 0 spiro atoms. The van der Waals surface area contributed by atoms with Crippen molar-refractivity contribution >= 4 is 32.6 Å². The number of thiazole rings is 1. The minimum atomic E-state index is 0.0339. The molecule has 1 aliphatic rings. The van der Waals surface area contributed by atoms with Crippen LogP contribution in [0.1, 0.15) is 23.4 Å². The summed E-state index contributed by atoms with van der Waals surface area (Å²) in [7, 11) is 0. The number of nitrogens with zero attached hydrogens (tertiary/aromatic N) is 2. The number of rotatable bonds is 3. The van der Waals surface area contributed by atoms with Crippen molar-refractivity contribution in [3.8, 4) is 11.1 Å². The zero-order valence-electron chi connectivity index (χ0n) is 14.5. The van der Waals surface area contributed by atoms with E-state index in [1.165, 1.54) is 11.3 Å². The maximum absolute atomic E-state index is 12.3. The van der Waals surface area contributed by atoms with Crippen LogP contribution in [0.2, 0.25) is 0 Å². The van der Waals surface area contributed by atoms with Crippen molar-refractivity contribution < 1.29 is 9.32 Å². The molecule has 2 N–H and O–H groups in total. The van der Waals surface area contributed by atoms with Gasteiger partial charge in [0.15, 0.2) is 5.13 Å². The average Bonchev–Trinajstić information content (AvgIpc) is 3.28. The summed E-state index contributed by atoms with van der Waals surface area (Å²) in [5.74, 6) is 0.894. The average molecular weight is 356 g/mol. The molecule has 2 aromatic heterocycles. The highest BCUT2D eigenvalue weighted by molar-refractivity contribution is 7.22. The van der Waals surface area contributed by atoms with Gasteiger partial charge >= 0.3 is 0 Å². The van der Waals surface area contributed by atoms with E-state index in [0.717, 1.165) is 57.9 Å². The molecule has 1 amide bonds. The van der Waals surface area contributed by atoms with Crippen LogP contribution in [-0.2, 0) is 4.79 Å². The van der Waals surface area contributed by atoms with Crippen molar-refractivity contribution in [2.45, 2.75) is 27.2 Å². The molecule has 1 unspecified atom stereocenters. The molecule has 1 saturated heterocycles. The predicted octanol–water partition coefficient (Wildman–Crippen LogP) is 3.42. The van der Waals surface area contributed by atoms with Crippen molar-refractivity contribution in [3.63, 3.8) is 0 Å². The fraction of sp³-hybridized carbons (Fsp3) is 0.389. The Morgan fingerprint density at radius 2 is 2.20 bits per heavy atom. The fourth-order valence-electron chi connectivity index (χ4n) is 3.35. The van der Waals surface area contributed by atoms with Gasteiger partial charge in [-0.3, -0.25) is 4.79 Å². The maximum atomic E-state index is 12.3. The normalized spacial score (nSPS) is 17.3. The van der Waals surface area contributed by atoms with E-state index in [2.05, 4.69) is 39.8 Å². The van der Waals surface area contributed by atoms with Crippen molar-refractivity contribution in [1.82, 2.24) is 15.5 Å². The molecule has 1 aliphatic heterocycles. The van der Waals surface area contributed by atoms with Gasteiger partial charge in [0.25, 0.3) is 0 Å². The van der Waals surface area contributed by atoms with Gasteiger partial charge in [-0.1, -0.05) is 16.5 Å². The monoisotopic (exact) mass is 356 g/mol. The zero-order chi connectivity index (χ0) is 17.6. The third kappa shape index (κ3) is 2.94. The Kier molecular flexibility index (Phi) is 4.05. The molecule has 1 aromatic carbocycles. The number of fused-ring (bicyclic) bond motifs is 1. The number of nitrogens with one attached hydrogen (secondary N) is 2. The first-order valence-electron chi connectivity index (χ1n) is 8.39. The Bertz CT molecular complexity index is 934. The third-order valence-electron chi connectivity index (χ3n) is 4.70. The number of benzene rings is 1. The lowest BCUT2D eigenvalue weighted by atomic mass is 9.99. The van der Waals surface area contributed by atoms with Gasteiger partial charge in [-0.2, -0.15) is 0 Å². The number of carbonyl (C=O) groups excluding carboxylic acids is 1. The highest BCUT2D eigenvalue weighted by Crippen LogP contribution is 2.35. The van der Waals surface area contributed by atoms with Crippen LogP contribution in [0.5, 0.6) is 0 Å². The molecule has 1 atom stereocenters. The van der Waals surface area contributed by atoms with E-state index in [1.807, 2.05) is 13.8 Å². The van der Waals surface area contributed by atoms with Crippen molar-refractivity contribution in [2.75, 3.05) is 18.4 Å². The van der Waals surface area contributed by atoms with Crippen molar-refractivity contribution in [1.29, 1.82) is 0 Å². The number of hydrogen-bond acceptors (Lipinski definition) is 6. The first-order chi connectivity index (χ1) is 12.0. The molecule has 0 radical (unpaired) electrons. The van der Waals surface area contributed by atoms with Crippen LogP contribution in [0.15, 0.2) is 16.7 Å². The predicted molar refractivity (Wildman–Crippen MR) is 98.9 cm³/mol. The molecule has 0 aliphatic carbocycles. The molecular weight excluding hydrogens is 336 g/mol. The molecule has 1 fully saturated rings. The van der Waals surface area contributed by atoms with E-state index >= 15 is 0 Å². The molecule has 3 aromatic rings. The lowest BCUT2D eigenvalue weighted by molar-refractivity contribution is -0.119. The molecule has 0 bridgehead atoms. The van der Waals surface area contributed by atoms with Gasteiger partial charge in [0.1, 0.15) is 5.76 Å². The summed E-state index contributed by atoms with van der Waals surface area (Å²) in [6, 6.07) is 4.17. The Morgan fingerprint density at radius 1 is 1.36 bits per heavy atom. The molecule has 6 nitrogen and oxygen atoms in total. The minimum absolute atomic E-state index is 0.0339. The smallest absolute Gasteiger partial charge is 0.230 e. The van der Waals surface area contributed by atoms with Crippen molar-refractivity contribution in [2.24, 2.45) is 5.92 Å². The Morgan fingerprint density at radius 3 is 2.88 bits per heavy atom. The van der Waals surface area contributed by atoms with Gasteiger partial charge in [0.05, 0.1) is 21.8 Å². The number of aryl methyl sites for hydroxylation is 3. The molecule has 25 heavy (non-hydrogen) atoms. The molecule has 4 rings (SSSR count). The largest absolute Gasteiger partial charge is 0.361 e. The Labute approximate surface area is 149 Å². The van der Waals surface area contributed by atoms with Crippen LogP contribution in [0, 0.1) is 26.7 Å². The fourth-order valence-corrected chi connectivity index (χ4v) is 4.24. The second-order valence-corrected chi connectivity index (χ2v) is 7.56. The SMILES string of the molecule is Cc1cc2nc(NC(=O)C3CCNC3)sc2cc1-c1c(C)noc1C. The third-order valence-corrected chi connectivity index (χ3v) is 5.63. The number of carbonyl (C=O) groups is 1. The van der Waals surface area contributed by atoms with Gasteiger partial charge in [-0.05, 0) is 57.0 Å². The molecular formula is C18H20N4O2S. The summed E-state index contributed by atoms with van der Waals surface area (Å²) >= 11 is 1.50. The van der Waals surface area contributed by atoms with Crippen LogP contribution in [0.3, 0.4) is 0 Å². The molecule has 0 saturated carbocycles. The van der Waals surface area contributed by atoms with E-state index < -0.39 is 0 Å². The van der Waals surface area contributed by atoms with Gasteiger partial charge in [-0.15, -0.1) is 0 Å². The summed E-state index contributed by atoms with van der Waals surface area (Å²) in [5, 5.41) is 10.9. The van der Waals surface area contributed by atoms with Crippen LogP contribution in [0.25, 0.3) is 21.3 Å². The number of amides is 1. The van der Waals surface area contributed by atoms with E-state index in [1.54, 1.807) is 0 Å². The van der Waals surface area contributed by atoms with Crippen LogP contribution >= 0.6 is 11.3 Å². The first-order valence-corrected chi connectivity index (χ1v) is 9.20. The zero-order valence-corrected chi connectivity index (χ0v) is 15.3. The molecule has 3 heterocycles. The Hall–Kier alpha value is -2.25. The van der Waals surface area contributed by atoms with E-state index in [0.29, 0.717) is 5.13 Å². The lowest BCUT2D eigenvalue weighted by Crippen LogP contribution is -2.24. The van der Waals surface area contributed by atoms with E-state index in [4.69, 9.17) is 4.52 Å². The summed E-state index contributed by atoms with van der Waals surface area (Å²) in [4.78, 5) is 16.9. The van der Waals surface area contributed by atoms with Crippen molar-refractivity contribution in [3.05, 3.63) is 29.2 Å². The van der Waals surface area contributed by atoms with Gasteiger partial charge in [0, 0.05) is 12.1 Å². The summed E-state index contributed by atoms with van der Waals surface area (Å²) in [6.45, 7) is 7.57. The van der Waals surface area contributed by atoms with Crippen LogP contribution < -0.4 is 10.6 Å². The summed E-state index contributed by atoms with van der Waals surface area (Å²) in [5.41, 5.74) is 5.04. The van der Waals surface area contributed by atoms with Gasteiger partial charge in [-0.25, -0.2) is 4.98 Å². The lowest BCUT2D eigenvalue weighted by Gasteiger charge is -2.06. The number of hydrogen-bond donors (Lipinski definition) is 2. The highest BCUT2D eigenvalue weighted by Gasteiger charge is 2.23. The highest BCUT2D eigenvalue weighted by atomic mass is 32.1. The number of aromatic nitrogens is 2. The van der Waals surface area contributed by atoms with Crippen LogP contribution in [0.4, 0.5) is 5.13 Å². The Balaban J connectivity index is 1.68. The minimum Gasteiger partial charge on any atom is -0.361 e. The van der Waals surface area contributed by atoms with Gasteiger partial charge < -0.3 is 15.2 Å². The first kappa shape index (κ1) is 16.2. The van der Waals surface area contributed by atoms with E-state index in [9.17, 15) is 4.79 Å². The second kappa shape index (κ2) is 6.24. The standard InChI is InChI=1S/C18H20N4O2S/c1-9-6-14-15(7-13(9)16-10(2)22-24-11(16)3)25-18(20-14)21-17(23)12-4-5-19-8-12/h6-7,12,19H,4-5,8H2,1-3H3,(H,20,21,23). The summed E-state index contributed by atoms with van der Waals surface area (Å²) in [6.07, 6.45) is 0.881. The second-order valence-electron chi connectivity index (χ2n) is 6.53. The topological polar surface area (TPSA) is 80.0 Å². The van der Waals surface area contributed by atoms with Gasteiger partial charge in [0.2, 0.25) is 5.91 Å². The number of anilines is 1. The van der Waals surface area contributed by atoms with E-state index in [-0.39, 0.29) is 11.8 Å². The molecule has 130 valence electrons. The maximum Gasteiger partial charge on any atom is 0.230 e.